The zero-order valence-corrected chi connectivity index (χ0v) is 15.8. The van der Waals surface area contributed by atoms with Crippen LogP contribution in [0.25, 0.3) is 0 Å². The predicted octanol–water partition coefficient (Wildman–Crippen LogP) is 2.19. The number of hydrogen-bond acceptors (Lipinski definition) is 7. The SMILES string of the molecule is COc1ccc(Cn2nnc(C(=O)Nc3cc(OC)ccc3OC)c2N)cc1. The molecule has 0 saturated carbocycles. The van der Waals surface area contributed by atoms with E-state index in [1.807, 2.05) is 24.3 Å². The van der Waals surface area contributed by atoms with Crippen LogP contribution in [-0.2, 0) is 6.54 Å². The molecule has 3 rings (SSSR count). The fourth-order valence-corrected chi connectivity index (χ4v) is 2.60. The van der Waals surface area contributed by atoms with Gasteiger partial charge in [-0.15, -0.1) is 5.10 Å². The molecular weight excluding hydrogens is 362 g/mol. The highest BCUT2D eigenvalue weighted by atomic mass is 16.5. The van der Waals surface area contributed by atoms with Crippen LogP contribution in [0.1, 0.15) is 16.1 Å². The summed E-state index contributed by atoms with van der Waals surface area (Å²) < 4.78 is 17.0. The van der Waals surface area contributed by atoms with Gasteiger partial charge in [-0.1, -0.05) is 17.3 Å². The van der Waals surface area contributed by atoms with Gasteiger partial charge in [0.2, 0.25) is 0 Å². The van der Waals surface area contributed by atoms with Crippen molar-refractivity contribution in [1.82, 2.24) is 15.0 Å². The number of ether oxygens (including phenoxy) is 3. The first-order valence-corrected chi connectivity index (χ1v) is 8.41. The van der Waals surface area contributed by atoms with E-state index in [4.69, 9.17) is 19.9 Å². The summed E-state index contributed by atoms with van der Waals surface area (Å²) in [5.41, 5.74) is 7.50. The smallest absolute Gasteiger partial charge is 0.280 e. The molecule has 2 aromatic carbocycles. The molecule has 0 spiro atoms. The van der Waals surface area contributed by atoms with E-state index in [9.17, 15) is 4.79 Å². The normalized spacial score (nSPS) is 10.4. The first-order valence-electron chi connectivity index (χ1n) is 8.41. The molecule has 28 heavy (non-hydrogen) atoms. The van der Waals surface area contributed by atoms with Gasteiger partial charge in [-0.05, 0) is 29.8 Å². The number of carbonyl (C=O) groups excluding carboxylic acids is 1. The summed E-state index contributed by atoms with van der Waals surface area (Å²) >= 11 is 0. The standard InChI is InChI=1S/C19H21N5O4/c1-26-13-6-4-12(5-7-13)11-24-18(20)17(22-23-24)19(25)21-15-10-14(27-2)8-9-16(15)28-3/h4-10H,11,20H2,1-3H3,(H,21,25). The molecule has 1 heterocycles. The van der Waals surface area contributed by atoms with Gasteiger partial charge in [0.25, 0.3) is 5.91 Å². The minimum absolute atomic E-state index is 0.0263. The molecule has 0 saturated heterocycles. The number of rotatable bonds is 7. The van der Waals surface area contributed by atoms with Gasteiger partial charge in [-0.3, -0.25) is 4.79 Å². The summed E-state index contributed by atoms with van der Waals surface area (Å²) in [5.74, 6) is 1.48. The third-order valence-electron chi connectivity index (χ3n) is 4.13. The summed E-state index contributed by atoms with van der Waals surface area (Å²) in [6, 6.07) is 12.5. The average molecular weight is 383 g/mol. The summed E-state index contributed by atoms with van der Waals surface area (Å²) in [7, 11) is 4.65. The van der Waals surface area contributed by atoms with Gasteiger partial charge in [0, 0.05) is 6.07 Å². The molecule has 0 radical (unpaired) electrons. The van der Waals surface area contributed by atoms with Crippen molar-refractivity contribution >= 4 is 17.4 Å². The molecule has 9 nitrogen and oxygen atoms in total. The molecule has 0 unspecified atom stereocenters. The number of carbonyl (C=O) groups is 1. The number of anilines is 2. The lowest BCUT2D eigenvalue weighted by atomic mass is 10.2. The summed E-state index contributed by atoms with van der Waals surface area (Å²) in [6.45, 7) is 0.374. The van der Waals surface area contributed by atoms with Crippen molar-refractivity contribution in [3.05, 3.63) is 53.7 Å². The molecular formula is C19H21N5O4. The van der Waals surface area contributed by atoms with Crippen LogP contribution in [0.2, 0.25) is 0 Å². The first kappa shape index (κ1) is 19.0. The van der Waals surface area contributed by atoms with Crippen molar-refractivity contribution in [2.45, 2.75) is 6.54 Å². The van der Waals surface area contributed by atoms with Crippen LogP contribution < -0.4 is 25.3 Å². The minimum atomic E-state index is -0.495. The Hall–Kier alpha value is -3.75. The van der Waals surface area contributed by atoms with Crippen LogP contribution in [0.5, 0.6) is 17.2 Å². The summed E-state index contributed by atoms with van der Waals surface area (Å²) in [5, 5.41) is 10.6. The van der Waals surface area contributed by atoms with Gasteiger partial charge in [0.1, 0.15) is 17.2 Å². The Bertz CT molecular complexity index is 969. The van der Waals surface area contributed by atoms with Crippen LogP contribution in [0.3, 0.4) is 0 Å². The van der Waals surface area contributed by atoms with Gasteiger partial charge >= 0.3 is 0 Å². The topological polar surface area (TPSA) is 114 Å². The van der Waals surface area contributed by atoms with Crippen molar-refractivity contribution in [3.8, 4) is 17.2 Å². The lowest BCUT2D eigenvalue weighted by Gasteiger charge is -2.11. The number of nitrogens with two attached hydrogens (primary N) is 1. The average Bonchev–Trinajstić information content (AvgIpc) is 3.08. The fraction of sp³-hybridized carbons (Fsp3) is 0.211. The number of aromatic nitrogens is 3. The molecule has 3 N–H and O–H groups in total. The van der Waals surface area contributed by atoms with E-state index in [1.54, 1.807) is 25.3 Å². The Balaban J connectivity index is 1.78. The third-order valence-corrected chi connectivity index (χ3v) is 4.13. The van der Waals surface area contributed by atoms with Crippen molar-refractivity contribution in [2.75, 3.05) is 32.4 Å². The quantitative estimate of drug-likeness (QED) is 0.643. The van der Waals surface area contributed by atoms with E-state index >= 15 is 0 Å². The van der Waals surface area contributed by atoms with Crippen LogP contribution in [-0.4, -0.2) is 42.2 Å². The molecule has 1 aromatic heterocycles. The molecule has 0 fully saturated rings. The Morgan fingerprint density at radius 3 is 2.36 bits per heavy atom. The van der Waals surface area contributed by atoms with E-state index in [1.165, 1.54) is 18.9 Å². The maximum absolute atomic E-state index is 12.6. The van der Waals surface area contributed by atoms with Crippen molar-refractivity contribution in [2.24, 2.45) is 0 Å². The molecule has 0 aliphatic carbocycles. The maximum atomic E-state index is 12.6. The lowest BCUT2D eigenvalue weighted by molar-refractivity contribution is 0.102. The van der Waals surface area contributed by atoms with Gasteiger partial charge in [-0.25, -0.2) is 4.68 Å². The number of nitrogens with one attached hydrogen (secondary N) is 1. The molecule has 1 amide bonds. The molecule has 3 aromatic rings. The van der Waals surface area contributed by atoms with Crippen LogP contribution in [0.15, 0.2) is 42.5 Å². The van der Waals surface area contributed by atoms with Crippen LogP contribution in [0, 0.1) is 0 Å². The lowest BCUT2D eigenvalue weighted by Crippen LogP contribution is -2.16. The minimum Gasteiger partial charge on any atom is -0.497 e. The summed E-state index contributed by atoms with van der Waals surface area (Å²) in [4.78, 5) is 12.6. The Kier molecular flexibility index (Phi) is 5.64. The van der Waals surface area contributed by atoms with E-state index in [2.05, 4.69) is 15.6 Å². The first-order chi connectivity index (χ1) is 13.5. The van der Waals surface area contributed by atoms with E-state index in [0.717, 1.165) is 11.3 Å². The summed E-state index contributed by atoms with van der Waals surface area (Å²) in [6.07, 6.45) is 0. The monoisotopic (exact) mass is 383 g/mol. The Labute approximate surface area is 162 Å². The zero-order valence-electron chi connectivity index (χ0n) is 15.8. The van der Waals surface area contributed by atoms with Crippen molar-refractivity contribution in [3.63, 3.8) is 0 Å². The number of hydrogen-bond donors (Lipinski definition) is 2. The van der Waals surface area contributed by atoms with Crippen LogP contribution >= 0.6 is 0 Å². The number of amides is 1. The number of benzene rings is 2. The highest BCUT2D eigenvalue weighted by Crippen LogP contribution is 2.29. The van der Waals surface area contributed by atoms with Crippen molar-refractivity contribution < 1.29 is 19.0 Å². The second-order valence-electron chi connectivity index (χ2n) is 5.85. The Morgan fingerprint density at radius 2 is 1.71 bits per heavy atom. The molecule has 0 bridgehead atoms. The van der Waals surface area contributed by atoms with Gasteiger partial charge in [0.05, 0.1) is 33.6 Å². The molecule has 0 aliphatic heterocycles. The zero-order chi connectivity index (χ0) is 20.1. The molecule has 0 atom stereocenters. The number of nitrogens with zero attached hydrogens (tertiary/aromatic N) is 3. The van der Waals surface area contributed by atoms with Gasteiger partial charge in [0.15, 0.2) is 11.5 Å². The Morgan fingerprint density at radius 1 is 1.04 bits per heavy atom. The van der Waals surface area contributed by atoms with E-state index in [-0.39, 0.29) is 11.5 Å². The van der Waals surface area contributed by atoms with Gasteiger partial charge < -0.3 is 25.3 Å². The molecule has 146 valence electrons. The van der Waals surface area contributed by atoms with E-state index in [0.29, 0.717) is 23.7 Å². The van der Waals surface area contributed by atoms with Crippen LogP contribution in [0.4, 0.5) is 11.5 Å². The second kappa shape index (κ2) is 8.30. The fourth-order valence-electron chi connectivity index (χ4n) is 2.60. The molecule has 0 aliphatic rings. The predicted molar refractivity (Wildman–Crippen MR) is 104 cm³/mol. The second-order valence-corrected chi connectivity index (χ2v) is 5.85. The number of methoxy groups -OCH3 is 3. The third kappa shape index (κ3) is 3.98. The number of nitrogen functional groups attached to an aromatic ring is 1. The largest absolute Gasteiger partial charge is 0.497 e. The highest BCUT2D eigenvalue weighted by Gasteiger charge is 2.19. The van der Waals surface area contributed by atoms with Crippen molar-refractivity contribution in [1.29, 1.82) is 0 Å². The maximum Gasteiger partial charge on any atom is 0.280 e. The van der Waals surface area contributed by atoms with E-state index < -0.39 is 5.91 Å². The van der Waals surface area contributed by atoms with Gasteiger partial charge in [-0.2, -0.15) is 0 Å². The molecule has 9 heteroatoms. The highest BCUT2D eigenvalue weighted by molar-refractivity contribution is 6.06.